The van der Waals surface area contributed by atoms with Crippen molar-refractivity contribution in [2.24, 2.45) is 35.5 Å². The van der Waals surface area contributed by atoms with Gasteiger partial charge in [0.05, 0.1) is 5.92 Å². The molecule has 2 aliphatic carbocycles. The Morgan fingerprint density at radius 2 is 1.59 bits per heavy atom. The Kier molecular flexibility index (Phi) is 2.72. The van der Waals surface area contributed by atoms with Crippen molar-refractivity contribution in [2.75, 3.05) is 0 Å². The molecule has 0 radical (unpaired) electrons. The van der Waals surface area contributed by atoms with Crippen molar-refractivity contribution in [1.82, 2.24) is 0 Å². The van der Waals surface area contributed by atoms with Crippen LogP contribution < -0.4 is 0 Å². The van der Waals surface area contributed by atoms with E-state index in [4.69, 9.17) is 4.74 Å². The zero-order valence-electron chi connectivity index (χ0n) is 11.2. The summed E-state index contributed by atoms with van der Waals surface area (Å²) in [5, 5.41) is 0. The Bertz CT molecular complexity index is 325. The number of esters is 1. The molecule has 0 N–H and O–H groups in total. The second-order valence-corrected chi connectivity index (χ2v) is 6.70. The molecule has 1 aliphatic heterocycles. The highest BCUT2D eigenvalue weighted by Gasteiger charge is 2.53. The molecule has 0 aromatic heterocycles. The molecule has 1 saturated heterocycles. The van der Waals surface area contributed by atoms with E-state index >= 15 is 0 Å². The molecule has 0 amide bonds. The van der Waals surface area contributed by atoms with Crippen LogP contribution in [0.15, 0.2) is 0 Å². The first kappa shape index (κ1) is 11.6. The van der Waals surface area contributed by atoms with Gasteiger partial charge in [-0.3, -0.25) is 4.79 Å². The van der Waals surface area contributed by atoms with Crippen LogP contribution in [-0.2, 0) is 9.53 Å². The van der Waals surface area contributed by atoms with Gasteiger partial charge in [-0.1, -0.05) is 33.6 Å². The van der Waals surface area contributed by atoms with Crippen LogP contribution in [0.5, 0.6) is 0 Å². The summed E-state index contributed by atoms with van der Waals surface area (Å²) in [6, 6.07) is 0. The van der Waals surface area contributed by atoms with Crippen LogP contribution in [0, 0.1) is 35.5 Å². The highest BCUT2D eigenvalue weighted by molar-refractivity contribution is 5.74. The first-order chi connectivity index (χ1) is 8.09. The molecule has 3 rings (SSSR count). The van der Waals surface area contributed by atoms with Crippen molar-refractivity contribution in [1.29, 1.82) is 0 Å². The predicted molar refractivity (Wildman–Crippen MR) is 66.3 cm³/mol. The molecule has 0 unspecified atom stereocenters. The first-order valence-corrected chi connectivity index (χ1v) is 7.30. The molecular formula is C15H24O2. The van der Waals surface area contributed by atoms with Gasteiger partial charge in [-0.05, 0) is 30.6 Å². The Balaban J connectivity index is 1.92. The van der Waals surface area contributed by atoms with Crippen LogP contribution in [-0.4, -0.2) is 12.1 Å². The third-order valence-corrected chi connectivity index (χ3v) is 5.86. The number of hydrogen-bond acceptors (Lipinski definition) is 2. The monoisotopic (exact) mass is 236 g/mol. The normalized spacial score (nSPS) is 53.8. The van der Waals surface area contributed by atoms with E-state index in [9.17, 15) is 4.79 Å². The van der Waals surface area contributed by atoms with Crippen LogP contribution in [0.4, 0.5) is 0 Å². The summed E-state index contributed by atoms with van der Waals surface area (Å²) in [7, 11) is 0. The lowest BCUT2D eigenvalue weighted by atomic mass is 9.77. The molecule has 0 aromatic carbocycles. The van der Waals surface area contributed by atoms with Crippen LogP contribution in [0.2, 0.25) is 0 Å². The molecule has 3 aliphatic rings. The molecule has 3 fully saturated rings. The molecule has 0 aromatic rings. The van der Waals surface area contributed by atoms with Gasteiger partial charge in [0.2, 0.25) is 0 Å². The number of ether oxygens (including phenoxy) is 1. The standard InChI is InChI=1S/C15H24O2/c1-8-4-7-12-10(3)15(16)17-14(12)13-9(2)5-6-11(8)13/h8-14H,4-7H2,1-3H3/t8-,9+,10-,11-,12-,13-,14+/m0/s1. The molecule has 2 saturated carbocycles. The molecule has 2 nitrogen and oxygen atoms in total. The maximum Gasteiger partial charge on any atom is 0.309 e. The molecule has 1 heterocycles. The van der Waals surface area contributed by atoms with Gasteiger partial charge in [0, 0.05) is 11.8 Å². The fraction of sp³-hybridized carbons (Fsp3) is 0.933. The fourth-order valence-corrected chi connectivity index (χ4v) is 4.73. The quantitative estimate of drug-likeness (QED) is 0.603. The Hall–Kier alpha value is -0.530. The average Bonchev–Trinajstić information content (AvgIpc) is 2.75. The van der Waals surface area contributed by atoms with Crippen LogP contribution in [0.25, 0.3) is 0 Å². The van der Waals surface area contributed by atoms with Gasteiger partial charge in [0.1, 0.15) is 6.10 Å². The maximum absolute atomic E-state index is 11.8. The van der Waals surface area contributed by atoms with E-state index in [1.54, 1.807) is 0 Å². The highest BCUT2D eigenvalue weighted by Crippen LogP contribution is 2.52. The summed E-state index contributed by atoms with van der Waals surface area (Å²) >= 11 is 0. The number of fused-ring (bicyclic) bond motifs is 3. The van der Waals surface area contributed by atoms with Gasteiger partial charge in [-0.2, -0.15) is 0 Å². The zero-order chi connectivity index (χ0) is 12.2. The smallest absolute Gasteiger partial charge is 0.309 e. The minimum Gasteiger partial charge on any atom is -0.462 e. The van der Waals surface area contributed by atoms with E-state index < -0.39 is 0 Å². The highest BCUT2D eigenvalue weighted by atomic mass is 16.6. The van der Waals surface area contributed by atoms with Gasteiger partial charge in [-0.15, -0.1) is 0 Å². The van der Waals surface area contributed by atoms with Crippen LogP contribution in [0.3, 0.4) is 0 Å². The SMILES string of the molecule is C[C@@H]1CC[C@@H]2[C@H]1[C@@H]1OC(=O)[C@@H](C)[C@@H]1CC[C@@H]2C. The summed E-state index contributed by atoms with van der Waals surface area (Å²) in [5.41, 5.74) is 0. The van der Waals surface area contributed by atoms with Gasteiger partial charge in [-0.25, -0.2) is 0 Å². The van der Waals surface area contributed by atoms with Crippen molar-refractivity contribution in [3.05, 3.63) is 0 Å². The van der Waals surface area contributed by atoms with E-state index in [0.29, 0.717) is 11.8 Å². The second kappa shape index (κ2) is 4.00. The zero-order valence-corrected chi connectivity index (χ0v) is 11.2. The van der Waals surface area contributed by atoms with E-state index in [0.717, 1.165) is 17.8 Å². The molecule has 0 bridgehead atoms. The minimum atomic E-state index is 0.0624. The van der Waals surface area contributed by atoms with E-state index in [-0.39, 0.29) is 18.0 Å². The van der Waals surface area contributed by atoms with Gasteiger partial charge in [0.25, 0.3) is 0 Å². The summed E-state index contributed by atoms with van der Waals surface area (Å²) in [5.74, 6) is 3.71. The minimum absolute atomic E-state index is 0.0624. The molecule has 0 spiro atoms. The topological polar surface area (TPSA) is 26.3 Å². The van der Waals surface area contributed by atoms with Gasteiger partial charge in [0.15, 0.2) is 0 Å². The molecule has 96 valence electrons. The Morgan fingerprint density at radius 1 is 0.941 bits per heavy atom. The summed E-state index contributed by atoms with van der Waals surface area (Å²) < 4.78 is 5.75. The van der Waals surface area contributed by atoms with Crippen molar-refractivity contribution < 1.29 is 9.53 Å². The van der Waals surface area contributed by atoms with E-state index in [2.05, 4.69) is 20.8 Å². The number of carbonyl (C=O) groups is 1. The fourth-order valence-electron chi connectivity index (χ4n) is 4.73. The number of rotatable bonds is 0. The summed E-state index contributed by atoms with van der Waals surface area (Å²) in [6.07, 6.45) is 5.40. The summed E-state index contributed by atoms with van der Waals surface area (Å²) in [4.78, 5) is 11.8. The number of carbonyl (C=O) groups excluding carboxylic acids is 1. The Labute approximate surface area is 104 Å². The van der Waals surface area contributed by atoms with Crippen molar-refractivity contribution in [2.45, 2.75) is 52.6 Å². The second-order valence-electron chi connectivity index (χ2n) is 6.70. The third kappa shape index (κ3) is 1.63. The van der Waals surface area contributed by atoms with Crippen LogP contribution >= 0.6 is 0 Å². The number of hydrogen-bond donors (Lipinski definition) is 0. The maximum atomic E-state index is 11.8. The largest absolute Gasteiger partial charge is 0.462 e. The van der Waals surface area contributed by atoms with Crippen molar-refractivity contribution in [3.8, 4) is 0 Å². The van der Waals surface area contributed by atoms with Gasteiger partial charge >= 0.3 is 5.97 Å². The van der Waals surface area contributed by atoms with Gasteiger partial charge < -0.3 is 4.74 Å². The Morgan fingerprint density at radius 3 is 2.35 bits per heavy atom. The lowest BCUT2D eigenvalue weighted by Gasteiger charge is -2.30. The molecule has 2 heteroatoms. The van der Waals surface area contributed by atoms with E-state index in [1.807, 2.05) is 0 Å². The molecular weight excluding hydrogens is 212 g/mol. The average molecular weight is 236 g/mol. The lowest BCUT2D eigenvalue weighted by Crippen LogP contribution is -2.32. The summed E-state index contributed by atoms with van der Waals surface area (Å²) in [6.45, 7) is 6.83. The van der Waals surface area contributed by atoms with Crippen molar-refractivity contribution in [3.63, 3.8) is 0 Å². The third-order valence-electron chi connectivity index (χ3n) is 5.86. The predicted octanol–water partition coefficient (Wildman–Crippen LogP) is 3.26. The molecule has 7 atom stereocenters. The first-order valence-electron chi connectivity index (χ1n) is 7.30. The lowest BCUT2D eigenvalue weighted by molar-refractivity contribution is -0.146. The van der Waals surface area contributed by atoms with Crippen LogP contribution in [0.1, 0.15) is 46.5 Å². The van der Waals surface area contributed by atoms with E-state index in [1.165, 1.54) is 25.7 Å². The molecule has 17 heavy (non-hydrogen) atoms. The van der Waals surface area contributed by atoms with Crippen molar-refractivity contribution >= 4 is 5.97 Å².